The summed E-state index contributed by atoms with van der Waals surface area (Å²) in [5, 5.41) is 3.82. The molecule has 0 amide bonds. The Morgan fingerprint density at radius 3 is 2.63 bits per heavy atom. The number of nitrogens with one attached hydrogen (secondary N) is 1. The lowest BCUT2D eigenvalue weighted by Gasteiger charge is -2.47. The van der Waals surface area contributed by atoms with E-state index in [9.17, 15) is 0 Å². The van der Waals surface area contributed by atoms with E-state index in [4.69, 9.17) is 4.74 Å². The van der Waals surface area contributed by atoms with Crippen LogP contribution >= 0.6 is 0 Å². The van der Waals surface area contributed by atoms with Crippen LogP contribution in [0.2, 0.25) is 0 Å². The summed E-state index contributed by atoms with van der Waals surface area (Å²) in [5.41, 5.74) is 0.968. The Balaban J connectivity index is 1.59. The monoisotopic (exact) mass is 266 g/mol. The van der Waals surface area contributed by atoms with Gasteiger partial charge in [0.15, 0.2) is 0 Å². The summed E-state index contributed by atoms with van der Waals surface area (Å²) in [6.45, 7) is 9.45. The van der Waals surface area contributed by atoms with Crippen molar-refractivity contribution >= 4 is 0 Å². The van der Waals surface area contributed by atoms with Crippen LogP contribution in [-0.2, 0) is 4.74 Å². The Hall–Kier alpha value is -0.120. The van der Waals surface area contributed by atoms with Crippen molar-refractivity contribution in [2.75, 3.05) is 33.4 Å². The van der Waals surface area contributed by atoms with Crippen LogP contribution in [0.4, 0.5) is 0 Å². The van der Waals surface area contributed by atoms with Gasteiger partial charge in [-0.15, -0.1) is 0 Å². The van der Waals surface area contributed by atoms with E-state index in [2.05, 4.69) is 24.1 Å². The summed E-state index contributed by atoms with van der Waals surface area (Å²) in [6, 6.07) is 0.687. The highest BCUT2D eigenvalue weighted by molar-refractivity contribution is 5.05. The molecule has 1 aliphatic heterocycles. The molecular weight excluding hydrogens is 236 g/mol. The number of piperazine rings is 1. The lowest BCUT2D eigenvalue weighted by molar-refractivity contribution is 0.0570. The summed E-state index contributed by atoms with van der Waals surface area (Å²) < 4.78 is 5.29. The average Bonchev–Trinajstić information content (AvgIpc) is 3.25. The Labute approximate surface area is 118 Å². The lowest BCUT2D eigenvalue weighted by Crippen LogP contribution is -2.64. The Morgan fingerprint density at radius 1 is 1.32 bits per heavy atom. The summed E-state index contributed by atoms with van der Waals surface area (Å²) in [4.78, 5) is 2.76. The highest BCUT2D eigenvalue weighted by atomic mass is 16.5. The van der Waals surface area contributed by atoms with Gasteiger partial charge in [-0.05, 0) is 57.3 Å². The second-order valence-corrected chi connectivity index (χ2v) is 7.57. The number of rotatable bonds is 6. The highest BCUT2D eigenvalue weighted by Crippen LogP contribution is 2.50. The lowest BCUT2D eigenvalue weighted by atomic mass is 9.89. The van der Waals surface area contributed by atoms with Gasteiger partial charge in [0.1, 0.15) is 0 Å². The standard InChI is InChI=1S/C16H30N2O/c1-13-10-17-15(2,14-4-5-14)11-18(13)12-16(6-7-16)8-9-19-3/h13-14,17H,4-12H2,1-3H3. The van der Waals surface area contributed by atoms with Gasteiger partial charge in [-0.25, -0.2) is 0 Å². The molecule has 0 radical (unpaired) electrons. The fourth-order valence-corrected chi connectivity index (χ4v) is 3.76. The molecule has 3 nitrogen and oxygen atoms in total. The number of methoxy groups -OCH3 is 1. The smallest absolute Gasteiger partial charge is 0.0468 e. The van der Waals surface area contributed by atoms with Crippen molar-refractivity contribution < 1.29 is 4.74 Å². The molecule has 1 N–H and O–H groups in total. The third kappa shape index (κ3) is 2.98. The first-order valence-electron chi connectivity index (χ1n) is 8.05. The van der Waals surface area contributed by atoms with Crippen molar-refractivity contribution in [1.29, 1.82) is 0 Å². The van der Waals surface area contributed by atoms with Gasteiger partial charge in [-0.2, -0.15) is 0 Å². The molecule has 3 rings (SSSR count). The van der Waals surface area contributed by atoms with E-state index < -0.39 is 0 Å². The van der Waals surface area contributed by atoms with Crippen LogP contribution < -0.4 is 5.32 Å². The van der Waals surface area contributed by atoms with Crippen LogP contribution in [-0.4, -0.2) is 49.8 Å². The molecule has 1 heterocycles. The summed E-state index contributed by atoms with van der Waals surface area (Å²) >= 11 is 0. The van der Waals surface area contributed by atoms with Gasteiger partial charge in [-0.1, -0.05) is 0 Å². The second-order valence-electron chi connectivity index (χ2n) is 7.57. The largest absolute Gasteiger partial charge is 0.385 e. The van der Waals surface area contributed by atoms with E-state index in [1.165, 1.54) is 45.2 Å². The minimum absolute atomic E-state index is 0.379. The van der Waals surface area contributed by atoms with Crippen molar-refractivity contribution in [1.82, 2.24) is 10.2 Å². The van der Waals surface area contributed by atoms with Crippen LogP contribution in [0.15, 0.2) is 0 Å². The third-order valence-electron chi connectivity index (χ3n) is 5.77. The van der Waals surface area contributed by atoms with E-state index in [0.717, 1.165) is 19.1 Å². The molecule has 2 aliphatic carbocycles. The third-order valence-corrected chi connectivity index (χ3v) is 5.77. The number of hydrogen-bond acceptors (Lipinski definition) is 3. The van der Waals surface area contributed by atoms with Crippen molar-refractivity contribution in [2.45, 2.75) is 57.5 Å². The number of ether oxygens (including phenoxy) is 1. The molecule has 1 saturated heterocycles. The maximum atomic E-state index is 5.29. The van der Waals surface area contributed by atoms with Gasteiger partial charge in [0.25, 0.3) is 0 Å². The first-order valence-corrected chi connectivity index (χ1v) is 8.05. The predicted octanol–water partition coefficient (Wildman–Crippen LogP) is 2.27. The average molecular weight is 266 g/mol. The Bertz CT molecular complexity index is 325. The van der Waals surface area contributed by atoms with Crippen LogP contribution in [0.25, 0.3) is 0 Å². The molecule has 2 atom stereocenters. The second kappa shape index (κ2) is 5.01. The molecule has 19 heavy (non-hydrogen) atoms. The Morgan fingerprint density at radius 2 is 2.05 bits per heavy atom. The molecule has 0 aromatic rings. The molecule has 0 bridgehead atoms. The molecule has 2 saturated carbocycles. The minimum atomic E-state index is 0.379. The van der Waals surface area contributed by atoms with Gasteiger partial charge < -0.3 is 10.1 Å². The topological polar surface area (TPSA) is 24.5 Å². The van der Waals surface area contributed by atoms with E-state index in [0.29, 0.717) is 17.0 Å². The van der Waals surface area contributed by atoms with Crippen molar-refractivity contribution in [3.8, 4) is 0 Å². The fourth-order valence-electron chi connectivity index (χ4n) is 3.76. The quantitative estimate of drug-likeness (QED) is 0.798. The zero-order chi connectivity index (χ0) is 13.5. The van der Waals surface area contributed by atoms with Crippen LogP contribution in [0.5, 0.6) is 0 Å². The summed E-state index contributed by atoms with van der Waals surface area (Å²) in [7, 11) is 1.83. The van der Waals surface area contributed by atoms with Crippen LogP contribution in [0.1, 0.15) is 46.0 Å². The molecular formula is C16H30N2O. The van der Waals surface area contributed by atoms with Gasteiger partial charge >= 0.3 is 0 Å². The maximum absolute atomic E-state index is 5.29. The maximum Gasteiger partial charge on any atom is 0.0468 e. The normalized spacial score (nSPS) is 38.4. The fraction of sp³-hybridized carbons (Fsp3) is 1.00. The van der Waals surface area contributed by atoms with Crippen molar-refractivity contribution in [3.63, 3.8) is 0 Å². The first-order chi connectivity index (χ1) is 9.07. The molecule has 3 heteroatoms. The van der Waals surface area contributed by atoms with Gasteiger partial charge in [-0.3, -0.25) is 4.90 Å². The van der Waals surface area contributed by atoms with Crippen LogP contribution in [0.3, 0.4) is 0 Å². The molecule has 0 spiro atoms. The SMILES string of the molecule is COCCC1(CN2CC(C)(C3CC3)NCC2C)CC1. The van der Waals surface area contributed by atoms with Gasteiger partial charge in [0, 0.05) is 44.9 Å². The predicted molar refractivity (Wildman–Crippen MR) is 78.3 cm³/mol. The molecule has 2 unspecified atom stereocenters. The van der Waals surface area contributed by atoms with Gasteiger partial charge in [0.05, 0.1) is 0 Å². The molecule has 0 aromatic carbocycles. The number of hydrogen-bond donors (Lipinski definition) is 1. The van der Waals surface area contributed by atoms with Crippen molar-refractivity contribution in [3.05, 3.63) is 0 Å². The molecule has 0 aromatic heterocycles. The zero-order valence-corrected chi connectivity index (χ0v) is 12.9. The summed E-state index contributed by atoms with van der Waals surface area (Å²) in [5.74, 6) is 0.927. The number of nitrogens with zero attached hydrogens (tertiary/aromatic N) is 1. The molecule has 110 valence electrons. The highest BCUT2D eigenvalue weighted by Gasteiger charge is 2.49. The van der Waals surface area contributed by atoms with E-state index in [-0.39, 0.29) is 0 Å². The molecule has 3 fully saturated rings. The zero-order valence-electron chi connectivity index (χ0n) is 12.9. The van der Waals surface area contributed by atoms with E-state index in [1.807, 2.05) is 7.11 Å². The van der Waals surface area contributed by atoms with Crippen molar-refractivity contribution in [2.24, 2.45) is 11.3 Å². The first kappa shape index (κ1) is 13.8. The van der Waals surface area contributed by atoms with Gasteiger partial charge in [0.2, 0.25) is 0 Å². The van der Waals surface area contributed by atoms with E-state index >= 15 is 0 Å². The van der Waals surface area contributed by atoms with E-state index in [1.54, 1.807) is 0 Å². The summed E-state index contributed by atoms with van der Waals surface area (Å²) in [6.07, 6.45) is 6.93. The van der Waals surface area contributed by atoms with Crippen LogP contribution in [0, 0.1) is 11.3 Å². The Kier molecular flexibility index (Phi) is 3.65. The minimum Gasteiger partial charge on any atom is -0.385 e. The molecule has 3 aliphatic rings.